The number of nitrogens with one attached hydrogen (secondary N) is 1. The van der Waals surface area contributed by atoms with Crippen LogP contribution in [-0.2, 0) is 6.42 Å². The number of carbonyl (C=O) groups excluding carboxylic acids is 1. The van der Waals surface area contributed by atoms with Gasteiger partial charge in [-0.25, -0.2) is 14.8 Å². The van der Waals surface area contributed by atoms with Crippen molar-refractivity contribution in [3.05, 3.63) is 78.1 Å². The summed E-state index contributed by atoms with van der Waals surface area (Å²) in [4.78, 5) is 22.0. The zero-order chi connectivity index (χ0) is 20.7. The molecule has 5 rings (SSSR count). The van der Waals surface area contributed by atoms with Gasteiger partial charge in [-0.3, -0.25) is 5.32 Å². The van der Waals surface area contributed by atoms with Gasteiger partial charge in [-0.05, 0) is 48.5 Å². The van der Waals surface area contributed by atoms with E-state index in [0.29, 0.717) is 28.8 Å². The number of pyridine rings is 1. The van der Waals surface area contributed by atoms with Crippen molar-refractivity contribution in [3.63, 3.8) is 0 Å². The summed E-state index contributed by atoms with van der Waals surface area (Å²) >= 11 is 6.10. The molecule has 0 fully saturated rings. The van der Waals surface area contributed by atoms with Crippen LogP contribution >= 0.6 is 11.6 Å². The summed E-state index contributed by atoms with van der Waals surface area (Å²) in [6.45, 7) is 0. The Bertz CT molecular complexity index is 1240. The van der Waals surface area contributed by atoms with Crippen LogP contribution in [0.2, 0.25) is 5.15 Å². The lowest BCUT2D eigenvalue weighted by Gasteiger charge is -2.07. The van der Waals surface area contributed by atoms with Gasteiger partial charge >= 0.3 is 11.7 Å². The number of aromatic nitrogens is 3. The Morgan fingerprint density at radius 1 is 1.17 bits per heavy atom. The molecule has 2 N–H and O–H groups in total. The molecule has 148 valence electrons. The molecule has 0 saturated carbocycles. The average molecular weight is 420 g/mol. The summed E-state index contributed by atoms with van der Waals surface area (Å²) in [6, 6.07) is 13.3. The van der Waals surface area contributed by atoms with Gasteiger partial charge in [-0.15, -0.1) is 0 Å². The van der Waals surface area contributed by atoms with Gasteiger partial charge in [0.1, 0.15) is 28.6 Å². The van der Waals surface area contributed by atoms with Crippen LogP contribution < -0.4 is 9.88 Å². The Morgan fingerprint density at radius 3 is 2.73 bits per heavy atom. The number of benzene rings is 1. The Hall–Kier alpha value is -3.71. The molecular weight excluding hydrogens is 404 g/mol. The molecular formula is C22H16ClN4O3+. The molecule has 7 nitrogen and oxygen atoms in total. The van der Waals surface area contributed by atoms with Crippen LogP contribution in [0.5, 0.6) is 5.75 Å². The van der Waals surface area contributed by atoms with Gasteiger partial charge in [0, 0.05) is 17.3 Å². The molecule has 4 heterocycles. The second-order valence-corrected chi connectivity index (χ2v) is 7.31. The van der Waals surface area contributed by atoms with Gasteiger partial charge in [0.2, 0.25) is 6.04 Å². The van der Waals surface area contributed by atoms with Crippen molar-refractivity contribution < 1.29 is 18.9 Å². The van der Waals surface area contributed by atoms with Gasteiger partial charge in [-0.1, -0.05) is 11.6 Å². The van der Waals surface area contributed by atoms with Crippen LogP contribution in [0.4, 0.5) is 5.82 Å². The Morgan fingerprint density at radius 2 is 2.00 bits per heavy atom. The third kappa shape index (κ3) is 3.29. The topological polar surface area (TPSA) is 92.1 Å². The number of phenols is 1. The molecule has 8 heteroatoms. The zero-order valence-electron chi connectivity index (χ0n) is 15.6. The van der Waals surface area contributed by atoms with Crippen molar-refractivity contribution in [2.24, 2.45) is 0 Å². The van der Waals surface area contributed by atoms with E-state index in [9.17, 15) is 9.90 Å². The van der Waals surface area contributed by atoms with Crippen LogP contribution in [0.3, 0.4) is 0 Å². The van der Waals surface area contributed by atoms with E-state index < -0.39 is 6.04 Å². The van der Waals surface area contributed by atoms with Gasteiger partial charge in [-0.2, -0.15) is 4.57 Å². The van der Waals surface area contributed by atoms with Crippen molar-refractivity contribution in [1.29, 1.82) is 0 Å². The summed E-state index contributed by atoms with van der Waals surface area (Å²) in [5, 5.41) is 13.2. The first-order valence-electron chi connectivity index (χ1n) is 9.29. The van der Waals surface area contributed by atoms with E-state index in [1.807, 2.05) is 6.07 Å². The first-order valence-corrected chi connectivity index (χ1v) is 9.67. The largest absolute Gasteiger partial charge is 0.508 e. The fourth-order valence-electron chi connectivity index (χ4n) is 3.50. The fraction of sp³-hybridized carbons (Fsp3) is 0.0909. The second-order valence-electron chi connectivity index (χ2n) is 6.93. The Kier molecular flexibility index (Phi) is 4.44. The van der Waals surface area contributed by atoms with Crippen LogP contribution in [0.25, 0.3) is 22.5 Å². The molecule has 3 aromatic heterocycles. The summed E-state index contributed by atoms with van der Waals surface area (Å²) in [5.41, 5.74) is 2.68. The molecule has 30 heavy (non-hydrogen) atoms. The van der Waals surface area contributed by atoms with E-state index in [2.05, 4.69) is 10.3 Å². The van der Waals surface area contributed by atoms with Gasteiger partial charge in [0.15, 0.2) is 5.69 Å². The first-order chi connectivity index (χ1) is 14.6. The number of halogens is 1. The SMILES string of the molecule is O=C1C(Cc2ccco2)Nc2c(-c3ccnc(Cl)c3)nc(-c3ccc(O)cc3)c[n+]21. The van der Waals surface area contributed by atoms with Crippen molar-refractivity contribution in [3.8, 4) is 28.3 Å². The van der Waals surface area contributed by atoms with Crippen molar-refractivity contribution >= 4 is 23.3 Å². The number of phenolic OH excluding ortho intramolecular Hbond substituents is 1. The number of nitrogens with zero attached hydrogens (tertiary/aromatic N) is 3. The molecule has 1 aliphatic rings. The predicted molar refractivity (Wildman–Crippen MR) is 110 cm³/mol. The molecule has 1 aliphatic heterocycles. The van der Waals surface area contributed by atoms with Gasteiger partial charge in [0.25, 0.3) is 0 Å². The molecule has 1 aromatic carbocycles. The minimum Gasteiger partial charge on any atom is -0.508 e. The maximum absolute atomic E-state index is 13.2. The second kappa shape index (κ2) is 7.27. The molecule has 0 bridgehead atoms. The number of fused-ring (bicyclic) bond motifs is 1. The number of furan rings is 1. The summed E-state index contributed by atoms with van der Waals surface area (Å²) in [7, 11) is 0. The van der Waals surface area contributed by atoms with Gasteiger partial charge < -0.3 is 9.52 Å². The molecule has 0 amide bonds. The Balaban J connectivity index is 1.64. The molecule has 4 aromatic rings. The third-order valence-corrected chi connectivity index (χ3v) is 5.15. The molecule has 0 radical (unpaired) electrons. The van der Waals surface area contributed by atoms with E-state index >= 15 is 0 Å². The number of carbonyl (C=O) groups is 1. The van der Waals surface area contributed by atoms with E-state index in [4.69, 9.17) is 21.0 Å². The summed E-state index contributed by atoms with van der Waals surface area (Å²) < 4.78 is 6.99. The van der Waals surface area contributed by atoms with E-state index in [1.54, 1.807) is 65.7 Å². The van der Waals surface area contributed by atoms with E-state index in [0.717, 1.165) is 16.9 Å². The number of hydrogen-bond acceptors (Lipinski definition) is 6. The van der Waals surface area contributed by atoms with Crippen LogP contribution in [0.1, 0.15) is 10.6 Å². The minimum absolute atomic E-state index is 0.106. The lowest BCUT2D eigenvalue weighted by Crippen LogP contribution is -2.43. The van der Waals surface area contributed by atoms with E-state index in [-0.39, 0.29) is 11.7 Å². The number of rotatable bonds is 4. The van der Waals surface area contributed by atoms with Crippen LogP contribution in [-0.4, -0.2) is 27.0 Å². The number of anilines is 1. The number of aromatic hydroxyl groups is 1. The lowest BCUT2D eigenvalue weighted by atomic mass is 10.1. The van der Waals surface area contributed by atoms with E-state index in [1.165, 1.54) is 0 Å². The molecule has 1 atom stereocenters. The molecule has 0 aliphatic carbocycles. The average Bonchev–Trinajstić information content (AvgIpc) is 3.37. The monoisotopic (exact) mass is 419 g/mol. The molecule has 1 unspecified atom stereocenters. The maximum Gasteiger partial charge on any atom is 0.359 e. The highest BCUT2D eigenvalue weighted by atomic mass is 35.5. The number of hydrogen-bond donors (Lipinski definition) is 2. The summed E-state index contributed by atoms with van der Waals surface area (Å²) in [6.07, 6.45) is 5.30. The third-order valence-electron chi connectivity index (χ3n) is 4.94. The fourth-order valence-corrected chi connectivity index (χ4v) is 3.67. The standard InChI is InChI=1S/C22H15ClN4O3/c23-19-10-14(7-8-24-19)20-21-26-17(11-16-2-1-9-30-16)22(29)27(21)12-18(25-20)13-3-5-15(28)6-4-13/h1-10,12,17,28H,11H2/p+1. The quantitative estimate of drug-likeness (QED) is 0.387. The normalized spacial score (nSPS) is 15.1. The lowest BCUT2D eigenvalue weighted by molar-refractivity contribution is -0.551. The van der Waals surface area contributed by atoms with Crippen LogP contribution in [0, 0.1) is 0 Å². The van der Waals surface area contributed by atoms with Crippen molar-refractivity contribution in [2.75, 3.05) is 5.32 Å². The highest BCUT2D eigenvalue weighted by molar-refractivity contribution is 6.29. The zero-order valence-corrected chi connectivity index (χ0v) is 16.4. The highest BCUT2D eigenvalue weighted by Crippen LogP contribution is 2.31. The first kappa shape index (κ1) is 18.3. The van der Waals surface area contributed by atoms with Crippen molar-refractivity contribution in [2.45, 2.75) is 12.5 Å². The molecule has 0 spiro atoms. The predicted octanol–water partition coefficient (Wildman–Crippen LogP) is 3.73. The van der Waals surface area contributed by atoms with Crippen molar-refractivity contribution in [1.82, 2.24) is 9.97 Å². The smallest absolute Gasteiger partial charge is 0.359 e. The molecule has 0 saturated heterocycles. The minimum atomic E-state index is -0.482. The Labute approximate surface area is 176 Å². The van der Waals surface area contributed by atoms with Crippen LogP contribution in [0.15, 0.2) is 71.6 Å². The van der Waals surface area contributed by atoms with Gasteiger partial charge in [0.05, 0.1) is 12.7 Å². The summed E-state index contributed by atoms with van der Waals surface area (Å²) in [5.74, 6) is 1.35. The maximum atomic E-state index is 13.2. The highest BCUT2D eigenvalue weighted by Gasteiger charge is 2.42.